The summed E-state index contributed by atoms with van der Waals surface area (Å²) in [5.41, 5.74) is 2.16. The normalized spacial score (nSPS) is 27.3. The van der Waals surface area contributed by atoms with Gasteiger partial charge >= 0.3 is 0 Å². The third kappa shape index (κ3) is 3.18. The van der Waals surface area contributed by atoms with E-state index in [4.69, 9.17) is 4.98 Å². The highest BCUT2D eigenvalue weighted by Crippen LogP contribution is 2.44. The molecule has 1 aromatic heterocycles. The van der Waals surface area contributed by atoms with Crippen LogP contribution in [0.5, 0.6) is 0 Å². The molecule has 2 aliphatic carbocycles. The predicted molar refractivity (Wildman–Crippen MR) is 105 cm³/mol. The lowest BCUT2D eigenvalue weighted by atomic mass is 9.89. The molecule has 0 N–H and O–H groups in total. The molecule has 5 rings (SSSR count). The Labute approximate surface area is 160 Å². The Morgan fingerprint density at radius 2 is 1.81 bits per heavy atom. The molecule has 0 radical (unpaired) electrons. The summed E-state index contributed by atoms with van der Waals surface area (Å²) < 4.78 is 0. The van der Waals surface area contributed by atoms with Crippen molar-refractivity contribution in [2.24, 2.45) is 17.8 Å². The minimum Gasteiger partial charge on any atom is -0.342 e. The van der Waals surface area contributed by atoms with Gasteiger partial charge in [-0.15, -0.1) is 0 Å². The first-order chi connectivity index (χ1) is 13.3. The highest BCUT2D eigenvalue weighted by Gasteiger charge is 2.42. The van der Waals surface area contributed by atoms with Crippen LogP contribution in [0.15, 0.2) is 54.7 Å². The van der Waals surface area contributed by atoms with Gasteiger partial charge in [0.15, 0.2) is 5.82 Å². The van der Waals surface area contributed by atoms with E-state index < -0.39 is 0 Å². The molecule has 3 aliphatic rings. The van der Waals surface area contributed by atoms with Crippen LogP contribution >= 0.6 is 0 Å². The van der Waals surface area contributed by atoms with Crippen LogP contribution in [-0.2, 0) is 4.79 Å². The fraction of sp³-hybridized carbons (Fsp3) is 0.435. The monoisotopic (exact) mass is 359 g/mol. The first-order valence-electron chi connectivity index (χ1n) is 10.1. The van der Waals surface area contributed by atoms with Crippen LogP contribution in [0.4, 0.5) is 0 Å². The summed E-state index contributed by atoms with van der Waals surface area (Å²) >= 11 is 0. The van der Waals surface area contributed by atoms with Gasteiger partial charge in [-0.3, -0.25) is 4.79 Å². The minimum absolute atomic E-state index is 0.236. The number of carbonyl (C=O) groups excluding carboxylic acids is 1. The van der Waals surface area contributed by atoms with Gasteiger partial charge in [-0.2, -0.15) is 0 Å². The molecule has 4 heteroatoms. The number of fused-ring (bicyclic) bond motifs is 2. The second-order valence-corrected chi connectivity index (χ2v) is 8.16. The van der Waals surface area contributed by atoms with Gasteiger partial charge in [-0.1, -0.05) is 42.5 Å². The van der Waals surface area contributed by atoms with Crippen molar-refractivity contribution in [1.29, 1.82) is 0 Å². The summed E-state index contributed by atoms with van der Waals surface area (Å²) in [5.74, 6) is 2.98. The topological polar surface area (TPSA) is 46.1 Å². The number of piperidine rings is 1. The van der Waals surface area contributed by atoms with Gasteiger partial charge in [-0.05, 0) is 43.6 Å². The molecule has 0 spiro atoms. The zero-order valence-corrected chi connectivity index (χ0v) is 15.5. The van der Waals surface area contributed by atoms with E-state index >= 15 is 0 Å². The van der Waals surface area contributed by atoms with E-state index in [9.17, 15) is 4.79 Å². The lowest BCUT2D eigenvalue weighted by Crippen LogP contribution is -2.42. The Balaban J connectivity index is 1.24. The van der Waals surface area contributed by atoms with Gasteiger partial charge in [0.25, 0.3) is 0 Å². The molecule has 2 heterocycles. The minimum atomic E-state index is 0.236. The largest absolute Gasteiger partial charge is 0.342 e. The third-order valence-corrected chi connectivity index (χ3v) is 6.53. The van der Waals surface area contributed by atoms with Gasteiger partial charge in [-0.25, -0.2) is 9.97 Å². The first kappa shape index (κ1) is 16.7. The molecule has 138 valence electrons. The number of aromatic nitrogens is 2. The highest BCUT2D eigenvalue weighted by atomic mass is 16.2. The maximum absolute atomic E-state index is 12.9. The molecule has 2 bridgehead atoms. The number of likely N-dealkylation sites (tertiary alicyclic amines) is 1. The molecule has 2 fully saturated rings. The van der Waals surface area contributed by atoms with E-state index in [1.54, 1.807) is 0 Å². The second-order valence-electron chi connectivity index (χ2n) is 8.16. The summed E-state index contributed by atoms with van der Waals surface area (Å²) in [6.07, 6.45) is 10.7. The summed E-state index contributed by atoms with van der Waals surface area (Å²) in [6.45, 7) is 1.71. The van der Waals surface area contributed by atoms with Gasteiger partial charge in [0, 0.05) is 42.4 Å². The molecular formula is C23H25N3O. The van der Waals surface area contributed by atoms with Crippen LogP contribution in [0.3, 0.4) is 0 Å². The zero-order valence-electron chi connectivity index (χ0n) is 15.5. The Bertz CT molecular complexity index is 855. The van der Waals surface area contributed by atoms with E-state index in [0.717, 1.165) is 49.4 Å². The lowest BCUT2D eigenvalue weighted by Gasteiger charge is -2.34. The summed E-state index contributed by atoms with van der Waals surface area (Å²) in [7, 11) is 0. The summed E-state index contributed by atoms with van der Waals surface area (Å²) in [4.78, 5) is 24.3. The SMILES string of the molecule is O=C([C@@H]1C[C@@H]2C=C[C@H]1C2)N1CCC(c2ccnc(-c3ccccc3)n2)CC1. The molecular weight excluding hydrogens is 334 g/mol. The van der Waals surface area contributed by atoms with Gasteiger partial charge in [0.1, 0.15) is 0 Å². The van der Waals surface area contributed by atoms with Crippen molar-refractivity contribution in [1.82, 2.24) is 14.9 Å². The molecule has 1 saturated carbocycles. The fourth-order valence-corrected chi connectivity index (χ4v) is 5.02. The third-order valence-electron chi connectivity index (χ3n) is 6.53. The number of benzene rings is 1. The molecule has 0 unspecified atom stereocenters. The number of allylic oxidation sites excluding steroid dienone is 2. The summed E-state index contributed by atoms with van der Waals surface area (Å²) in [5, 5.41) is 0. The van der Waals surface area contributed by atoms with Crippen LogP contribution in [-0.4, -0.2) is 33.9 Å². The smallest absolute Gasteiger partial charge is 0.226 e. The molecule has 3 atom stereocenters. The highest BCUT2D eigenvalue weighted by molar-refractivity contribution is 5.80. The molecule has 2 aromatic rings. The van der Waals surface area contributed by atoms with E-state index in [1.807, 2.05) is 42.6 Å². The van der Waals surface area contributed by atoms with E-state index in [0.29, 0.717) is 23.7 Å². The van der Waals surface area contributed by atoms with E-state index in [2.05, 4.69) is 22.0 Å². The van der Waals surface area contributed by atoms with Crippen LogP contribution in [0.2, 0.25) is 0 Å². The predicted octanol–water partition coefficient (Wildman–Crippen LogP) is 4.06. The van der Waals surface area contributed by atoms with Gasteiger partial charge in [0.2, 0.25) is 5.91 Å². The maximum Gasteiger partial charge on any atom is 0.226 e. The van der Waals surface area contributed by atoms with Crippen LogP contribution in [0.25, 0.3) is 11.4 Å². The van der Waals surface area contributed by atoms with E-state index in [-0.39, 0.29) is 5.92 Å². The van der Waals surface area contributed by atoms with Gasteiger partial charge in [0.05, 0.1) is 0 Å². The van der Waals surface area contributed by atoms with Crippen LogP contribution < -0.4 is 0 Å². The molecule has 1 saturated heterocycles. The van der Waals surface area contributed by atoms with Gasteiger partial charge < -0.3 is 4.90 Å². The second kappa shape index (κ2) is 6.91. The number of nitrogens with zero attached hydrogens (tertiary/aromatic N) is 3. The van der Waals surface area contributed by atoms with Crippen molar-refractivity contribution >= 4 is 5.91 Å². The molecule has 1 aromatic carbocycles. The van der Waals surface area contributed by atoms with Crippen LogP contribution in [0.1, 0.15) is 37.3 Å². The quantitative estimate of drug-likeness (QED) is 0.777. The van der Waals surface area contributed by atoms with E-state index in [1.165, 1.54) is 6.42 Å². The Morgan fingerprint density at radius 1 is 1.00 bits per heavy atom. The number of hydrogen-bond acceptors (Lipinski definition) is 3. The van der Waals surface area contributed by atoms with Crippen molar-refractivity contribution in [2.75, 3.05) is 13.1 Å². The van der Waals surface area contributed by atoms with Crippen molar-refractivity contribution in [3.63, 3.8) is 0 Å². The molecule has 4 nitrogen and oxygen atoms in total. The molecule has 27 heavy (non-hydrogen) atoms. The van der Waals surface area contributed by atoms with Crippen molar-refractivity contribution in [3.05, 3.63) is 60.4 Å². The van der Waals surface area contributed by atoms with Crippen molar-refractivity contribution in [2.45, 2.75) is 31.6 Å². The average molecular weight is 359 g/mol. The zero-order chi connectivity index (χ0) is 18.2. The Kier molecular flexibility index (Phi) is 4.27. The average Bonchev–Trinajstić information content (AvgIpc) is 3.38. The Morgan fingerprint density at radius 3 is 2.52 bits per heavy atom. The number of carbonyl (C=O) groups is 1. The lowest BCUT2D eigenvalue weighted by molar-refractivity contribution is -0.137. The number of amides is 1. The number of hydrogen-bond donors (Lipinski definition) is 0. The molecule has 1 amide bonds. The standard InChI is InChI=1S/C23H25N3O/c27-23(20-15-16-6-7-19(20)14-16)26-12-9-17(10-13-26)21-8-11-24-22(25-21)18-4-2-1-3-5-18/h1-8,11,16-17,19-20H,9-10,12-15H2/t16-,19+,20-/m1/s1. The first-order valence-corrected chi connectivity index (χ1v) is 10.1. The summed E-state index contributed by atoms with van der Waals surface area (Å²) in [6, 6.07) is 12.2. The number of rotatable bonds is 3. The van der Waals surface area contributed by atoms with Crippen molar-refractivity contribution in [3.8, 4) is 11.4 Å². The molecule has 1 aliphatic heterocycles. The Hall–Kier alpha value is -2.49. The van der Waals surface area contributed by atoms with Crippen molar-refractivity contribution < 1.29 is 4.79 Å². The van der Waals surface area contributed by atoms with Crippen LogP contribution in [0, 0.1) is 17.8 Å². The maximum atomic E-state index is 12.9. The fourth-order valence-electron chi connectivity index (χ4n) is 5.02.